The van der Waals surface area contributed by atoms with Crippen molar-refractivity contribution in [3.8, 4) is 62.1 Å². The van der Waals surface area contributed by atoms with Crippen molar-refractivity contribution in [1.82, 2.24) is 14.1 Å². The molecule has 0 spiro atoms. The maximum absolute atomic E-state index is 9.23. The maximum Gasteiger partial charge on any atom is 0.269 e. The third kappa shape index (κ3) is 8.26. The van der Waals surface area contributed by atoms with E-state index >= 15 is 0 Å². The van der Waals surface area contributed by atoms with Gasteiger partial charge in [0.05, 0.1) is 40.3 Å². The van der Waals surface area contributed by atoms with E-state index in [1.807, 2.05) is 88.1 Å². The number of rotatable bonds is 9. The fourth-order valence-corrected chi connectivity index (χ4v) is 9.53. The highest BCUT2D eigenvalue weighted by Gasteiger charge is 2.25. The Bertz CT molecular complexity index is 3990. The van der Waals surface area contributed by atoms with Crippen LogP contribution in [-0.2, 0) is 10.8 Å². The molecule has 8 aromatic carbocycles. The first-order chi connectivity index (χ1) is 35.8. The zero-order chi connectivity index (χ0) is 52.7. The normalized spacial score (nSPS) is 13.1. The van der Waals surface area contributed by atoms with Crippen LogP contribution in [0.3, 0.4) is 0 Å². The molecular formula is C65H58N4O. The van der Waals surface area contributed by atoms with Gasteiger partial charge in [-0.25, -0.2) is 4.98 Å². The van der Waals surface area contributed by atoms with Crippen molar-refractivity contribution in [2.45, 2.75) is 72.1 Å². The number of benzene rings is 8. The predicted molar refractivity (Wildman–Crippen MR) is 290 cm³/mol. The van der Waals surface area contributed by atoms with Crippen molar-refractivity contribution in [1.29, 1.82) is 0 Å². The zero-order valence-electron chi connectivity index (χ0n) is 45.9. The molecule has 11 aromatic rings. The summed E-state index contributed by atoms with van der Waals surface area (Å²) in [6.07, 6.45) is 5.60. The highest BCUT2D eigenvalue weighted by atomic mass is 16.5. The van der Waals surface area contributed by atoms with Crippen LogP contribution < -0.4 is 9.30 Å². The Morgan fingerprint density at radius 1 is 0.557 bits per heavy atom. The molecule has 0 bridgehead atoms. The average Bonchev–Trinajstić information content (AvgIpc) is 3.95. The van der Waals surface area contributed by atoms with Crippen molar-refractivity contribution in [2.75, 3.05) is 0 Å². The summed E-state index contributed by atoms with van der Waals surface area (Å²) in [5.74, 6) is 2.44. The lowest BCUT2D eigenvalue weighted by molar-refractivity contribution is -0.571. The molecule has 70 heavy (non-hydrogen) atoms. The van der Waals surface area contributed by atoms with Crippen LogP contribution in [0.15, 0.2) is 200 Å². The van der Waals surface area contributed by atoms with Gasteiger partial charge in [-0.05, 0) is 121 Å². The number of pyridine rings is 1. The molecule has 0 aliphatic heterocycles. The van der Waals surface area contributed by atoms with E-state index in [4.69, 9.17) is 13.8 Å². The van der Waals surface area contributed by atoms with Crippen LogP contribution in [0.5, 0.6) is 11.5 Å². The lowest BCUT2D eigenvalue weighted by Gasteiger charge is -2.27. The van der Waals surface area contributed by atoms with Gasteiger partial charge in [0, 0.05) is 23.0 Å². The molecule has 0 aliphatic carbocycles. The fraction of sp³-hybridized carbons (Fsp3) is 0.169. The van der Waals surface area contributed by atoms with Crippen LogP contribution >= 0.6 is 0 Å². The Morgan fingerprint density at radius 3 is 2.00 bits per heavy atom. The van der Waals surface area contributed by atoms with E-state index < -0.39 is 18.1 Å². The van der Waals surface area contributed by atoms with E-state index in [0.717, 1.165) is 77.7 Å². The van der Waals surface area contributed by atoms with Gasteiger partial charge in [-0.2, -0.15) is 0 Å². The molecule has 0 atom stereocenters. The maximum atomic E-state index is 9.23. The number of imidazole rings is 1. The summed E-state index contributed by atoms with van der Waals surface area (Å²) in [6, 6.07) is 54.3. The Labute approximate surface area is 419 Å². The van der Waals surface area contributed by atoms with Gasteiger partial charge >= 0.3 is 0 Å². The van der Waals surface area contributed by atoms with E-state index in [9.17, 15) is 2.74 Å². The average molecular weight is 916 g/mol. The number of hydrogen-bond donors (Lipinski definition) is 0. The van der Waals surface area contributed by atoms with Crippen LogP contribution in [-0.4, -0.2) is 14.1 Å². The first kappa shape index (κ1) is 38.9. The Kier molecular flexibility index (Phi) is 9.72. The highest BCUT2D eigenvalue weighted by molar-refractivity contribution is 6.10. The Hall–Kier alpha value is -8.02. The minimum absolute atomic E-state index is 0.116. The lowest BCUT2D eigenvalue weighted by Crippen LogP contribution is -2.31. The van der Waals surface area contributed by atoms with Crippen molar-refractivity contribution >= 4 is 32.8 Å². The number of para-hydroxylation sites is 3. The Morgan fingerprint density at radius 2 is 1.26 bits per heavy atom. The van der Waals surface area contributed by atoms with Gasteiger partial charge in [-0.1, -0.05) is 189 Å². The van der Waals surface area contributed by atoms with Gasteiger partial charge in [0.25, 0.3) is 6.33 Å². The molecule has 0 N–H and O–H groups in total. The third-order valence-electron chi connectivity index (χ3n) is 13.4. The van der Waals surface area contributed by atoms with Crippen LogP contribution in [0.4, 0.5) is 0 Å². The number of aromatic nitrogens is 4. The molecule has 5 heteroatoms. The van der Waals surface area contributed by atoms with E-state index in [2.05, 4.69) is 157 Å². The monoisotopic (exact) mass is 915 g/mol. The van der Waals surface area contributed by atoms with Crippen molar-refractivity contribution in [3.05, 3.63) is 223 Å². The zero-order valence-corrected chi connectivity index (χ0v) is 40.9. The molecule has 344 valence electrons. The molecule has 0 radical (unpaired) electrons. The third-order valence-corrected chi connectivity index (χ3v) is 13.4. The van der Waals surface area contributed by atoms with Gasteiger partial charge in [0.1, 0.15) is 17.3 Å². The molecule has 3 heterocycles. The summed E-state index contributed by atoms with van der Waals surface area (Å²) in [5.41, 5.74) is 12.9. The number of fused-ring (bicyclic) bond motifs is 4. The summed E-state index contributed by atoms with van der Waals surface area (Å²) in [6.45, 7) is 17.6. The van der Waals surface area contributed by atoms with Crippen molar-refractivity contribution in [2.24, 2.45) is 0 Å². The molecule has 0 saturated carbocycles. The topological polar surface area (TPSA) is 35.9 Å². The Balaban J connectivity index is 1.07. The molecule has 11 rings (SSSR count). The summed E-state index contributed by atoms with van der Waals surface area (Å²) >= 11 is 0. The quantitative estimate of drug-likeness (QED) is 0.107. The second-order valence-electron chi connectivity index (χ2n) is 20.6. The molecule has 0 fully saturated rings. The molecule has 0 aliphatic rings. The standard InChI is InChI=1S/C65H58N4O/c1-43(2)46-33-34-66-62(38-46)69-58-32-29-47(44-19-11-9-12-20-44)37-57(58)56-31-30-53(41-61(56)69)70-52-24-17-23-51(40-52)67-42-68(60-28-16-15-27-59(60)67)63-54(45-21-13-10-14-22-45)25-18-26-55(63)48-35-49(64(3,4)5)39-50(36-48)65(6,7)8/h9-41,43H,1-8H3/i10D,13D,14D,21D,22D. The summed E-state index contributed by atoms with van der Waals surface area (Å²) in [4.78, 5) is 4.92. The molecular weight excluding hydrogens is 853 g/mol. The van der Waals surface area contributed by atoms with Crippen molar-refractivity contribution < 1.29 is 16.2 Å². The molecule has 0 unspecified atom stereocenters. The van der Waals surface area contributed by atoms with Crippen LogP contribution in [0.2, 0.25) is 0 Å². The summed E-state index contributed by atoms with van der Waals surface area (Å²) in [5, 5.41) is 2.20. The largest absolute Gasteiger partial charge is 0.458 e. The summed E-state index contributed by atoms with van der Waals surface area (Å²) < 4.78 is 57.5. The van der Waals surface area contributed by atoms with Gasteiger partial charge in [0.15, 0.2) is 0 Å². The second-order valence-corrected chi connectivity index (χ2v) is 20.6. The predicted octanol–water partition coefficient (Wildman–Crippen LogP) is 16.7. The van der Waals surface area contributed by atoms with Crippen LogP contribution in [0, 0.1) is 6.33 Å². The number of ether oxygens (including phenoxy) is 1. The first-order valence-corrected chi connectivity index (χ1v) is 24.1. The van der Waals surface area contributed by atoms with E-state index in [-0.39, 0.29) is 28.5 Å². The molecule has 3 aromatic heterocycles. The van der Waals surface area contributed by atoms with Crippen LogP contribution in [0.1, 0.15) is 84.9 Å². The van der Waals surface area contributed by atoms with Gasteiger partial charge < -0.3 is 4.74 Å². The second kappa shape index (κ2) is 17.5. The minimum atomic E-state index is -0.440. The smallest absolute Gasteiger partial charge is 0.269 e. The van der Waals surface area contributed by atoms with E-state index in [1.165, 1.54) is 5.56 Å². The van der Waals surface area contributed by atoms with E-state index in [1.54, 1.807) is 0 Å². The van der Waals surface area contributed by atoms with Gasteiger partial charge in [-0.3, -0.25) is 13.7 Å². The lowest BCUT2D eigenvalue weighted by atomic mass is 9.78. The highest BCUT2D eigenvalue weighted by Crippen LogP contribution is 2.41. The SMILES string of the molecule is [2H]c1c([2H])c([2H])c(-c2cccc(-c3cc(C(C)(C)C)cc(C(C)(C)C)c3)c2-[n+]2[c-]n(-c3cccc(Oc4ccc5c6cc(-c7ccccc7)ccc6n(-c6cc(C(C)C)ccn6)c5c4)c3)c3ccccc32)c([2H])c1[2H]. The number of nitrogens with zero attached hydrogens (tertiary/aromatic N) is 4. The van der Waals surface area contributed by atoms with Crippen LogP contribution in [0.25, 0.3) is 83.4 Å². The van der Waals surface area contributed by atoms with Gasteiger partial charge in [0.2, 0.25) is 0 Å². The minimum Gasteiger partial charge on any atom is -0.458 e. The molecule has 0 amide bonds. The molecule has 0 saturated heterocycles. The van der Waals surface area contributed by atoms with Crippen molar-refractivity contribution in [3.63, 3.8) is 0 Å². The fourth-order valence-electron chi connectivity index (χ4n) is 9.53. The van der Waals surface area contributed by atoms with Gasteiger partial charge in [-0.15, -0.1) is 0 Å². The summed E-state index contributed by atoms with van der Waals surface area (Å²) in [7, 11) is 0. The number of hydrogen-bond acceptors (Lipinski definition) is 2. The first-order valence-electron chi connectivity index (χ1n) is 26.6. The van der Waals surface area contributed by atoms with E-state index in [0.29, 0.717) is 28.7 Å². The molecule has 5 nitrogen and oxygen atoms in total.